The van der Waals surface area contributed by atoms with Crippen molar-refractivity contribution in [2.24, 2.45) is 0 Å². The van der Waals surface area contributed by atoms with Crippen molar-refractivity contribution in [3.8, 4) is 0 Å². The van der Waals surface area contributed by atoms with Crippen LogP contribution >= 0.6 is 11.6 Å². The van der Waals surface area contributed by atoms with E-state index >= 15 is 0 Å². The molecular weight excluding hydrogens is 425 g/mol. The van der Waals surface area contributed by atoms with Gasteiger partial charge in [-0.15, -0.1) is 13.2 Å². The van der Waals surface area contributed by atoms with Crippen LogP contribution in [0.4, 0.5) is 19.0 Å². The van der Waals surface area contributed by atoms with E-state index in [0.717, 1.165) is 0 Å². The van der Waals surface area contributed by atoms with E-state index in [-0.39, 0.29) is 35.7 Å². The number of carbonyl (C=O) groups is 1. The van der Waals surface area contributed by atoms with Gasteiger partial charge in [0, 0.05) is 24.7 Å². The van der Waals surface area contributed by atoms with Crippen molar-refractivity contribution in [1.29, 1.82) is 0 Å². The molecule has 1 unspecified atom stereocenters. The number of alkyl halides is 3. The summed E-state index contributed by atoms with van der Waals surface area (Å²) >= 11 is 5.83. The Morgan fingerprint density at radius 3 is 2.83 bits per heavy atom. The number of pyridine rings is 1. The molecule has 0 N–H and O–H groups in total. The van der Waals surface area contributed by atoms with Crippen molar-refractivity contribution in [3.05, 3.63) is 65.1 Å². The summed E-state index contributed by atoms with van der Waals surface area (Å²) in [6.45, 7) is 0.317. The Labute approximate surface area is 173 Å². The van der Waals surface area contributed by atoms with Crippen LogP contribution in [-0.4, -0.2) is 33.9 Å². The van der Waals surface area contributed by atoms with Crippen LogP contribution in [0.3, 0.4) is 0 Å². The lowest BCUT2D eigenvalue weighted by Gasteiger charge is -2.14. The number of rotatable bonds is 4. The molecule has 30 heavy (non-hydrogen) atoms. The predicted molar refractivity (Wildman–Crippen MR) is 100 cm³/mol. The van der Waals surface area contributed by atoms with Gasteiger partial charge in [0.2, 0.25) is 11.8 Å². The van der Waals surface area contributed by atoms with Gasteiger partial charge in [-0.3, -0.25) is 9.69 Å². The zero-order valence-corrected chi connectivity index (χ0v) is 16.0. The zero-order chi connectivity index (χ0) is 21.3. The highest BCUT2D eigenvalue weighted by Gasteiger charge is 2.36. The third-order valence-corrected chi connectivity index (χ3v) is 4.72. The van der Waals surface area contributed by atoms with E-state index in [4.69, 9.17) is 16.1 Å². The number of aromatic nitrogens is 3. The first-order valence-corrected chi connectivity index (χ1v) is 9.25. The highest BCUT2D eigenvalue weighted by molar-refractivity contribution is 6.30. The molecule has 0 aromatic carbocycles. The van der Waals surface area contributed by atoms with Crippen molar-refractivity contribution in [1.82, 2.24) is 15.1 Å². The SMILES string of the molecule is O=C1CC(c2nc(C3=CC=C(OC(F)(F)F)C=CC3)no2)CN1c1ccc(Cl)cn1. The minimum absolute atomic E-state index is 0.136. The highest BCUT2D eigenvalue weighted by Crippen LogP contribution is 2.32. The molecule has 1 aliphatic carbocycles. The van der Waals surface area contributed by atoms with Gasteiger partial charge in [-0.05, 0) is 30.7 Å². The molecular formula is C19H14ClF3N4O3. The Morgan fingerprint density at radius 2 is 2.10 bits per heavy atom. The summed E-state index contributed by atoms with van der Waals surface area (Å²) in [6, 6.07) is 3.29. The first-order chi connectivity index (χ1) is 14.3. The molecule has 4 rings (SSSR count). The van der Waals surface area contributed by atoms with Gasteiger partial charge >= 0.3 is 6.36 Å². The lowest BCUT2D eigenvalue weighted by atomic mass is 10.1. The third-order valence-electron chi connectivity index (χ3n) is 4.49. The van der Waals surface area contributed by atoms with Gasteiger partial charge in [0.15, 0.2) is 5.82 Å². The smallest absolute Gasteiger partial charge is 0.406 e. The Kier molecular flexibility index (Phi) is 5.33. The number of halogens is 4. The Hall–Kier alpha value is -3.14. The second kappa shape index (κ2) is 7.94. The second-order valence-electron chi connectivity index (χ2n) is 6.61. The van der Waals surface area contributed by atoms with Crippen LogP contribution in [0.5, 0.6) is 0 Å². The molecule has 1 amide bonds. The molecule has 0 spiro atoms. The number of nitrogens with zero attached hydrogens (tertiary/aromatic N) is 4. The standard InChI is InChI=1S/C19H14ClF3N4O3/c20-13-5-7-15(24-9-13)27-10-12(8-16(27)28)18-25-17(26-30-18)11-2-1-3-14(6-4-11)29-19(21,22)23/h1,3-7,9,12H,2,8,10H2. The largest absolute Gasteiger partial charge is 0.573 e. The van der Waals surface area contributed by atoms with Crippen LogP contribution in [0.15, 0.2) is 52.9 Å². The second-order valence-corrected chi connectivity index (χ2v) is 7.05. The fourth-order valence-electron chi connectivity index (χ4n) is 3.13. The monoisotopic (exact) mass is 438 g/mol. The topological polar surface area (TPSA) is 81.3 Å². The van der Waals surface area contributed by atoms with Crippen LogP contribution in [0.2, 0.25) is 5.02 Å². The van der Waals surface area contributed by atoms with Crippen LogP contribution in [0.1, 0.15) is 30.5 Å². The fourth-order valence-corrected chi connectivity index (χ4v) is 3.24. The van der Waals surface area contributed by atoms with Crippen LogP contribution in [0, 0.1) is 0 Å². The average molecular weight is 439 g/mol. The van der Waals surface area contributed by atoms with Gasteiger partial charge in [0.25, 0.3) is 0 Å². The molecule has 2 aromatic rings. The van der Waals surface area contributed by atoms with Gasteiger partial charge in [-0.1, -0.05) is 28.9 Å². The van der Waals surface area contributed by atoms with Gasteiger partial charge in [-0.2, -0.15) is 4.98 Å². The minimum Gasteiger partial charge on any atom is -0.406 e. The number of amides is 1. The molecule has 2 aromatic heterocycles. The van der Waals surface area contributed by atoms with Crippen molar-refractivity contribution in [2.75, 3.05) is 11.4 Å². The van der Waals surface area contributed by atoms with E-state index in [1.54, 1.807) is 12.1 Å². The quantitative estimate of drug-likeness (QED) is 0.703. The van der Waals surface area contributed by atoms with Crippen LogP contribution in [-0.2, 0) is 9.53 Å². The average Bonchev–Trinajstić information content (AvgIpc) is 3.24. The molecule has 3 heterocycles. The zero-order valence-electron chi connectivity index (χ0n) is 15.3. The molecule has 1 saturated heterocycles. The van der Waals surface area contributed by atoms with E-state index in [1.165, 1.54) is 35.4 Å². The molecule has 1 aliphatic heterocycles. The number of hydrogen-bond acceptors (Lipinski definition) is 6. The molecule has 2 aliphatic rings. The summed E-state index contributed by atoms with van der Waals surface area (Å²) in [6.07, 6.45) is 2.53. The van der Waals surface area contributed by atoms with E-state index in [9.17, 15) is 18.0 Å². The maximum absolute atomic E-state index is 12.4. The summed E-state index contributed by atoms with van der Waals surface area (Å²) in [7, 11) is 0. The van der Waals surface area contributed by atoms with Gasteiger partial charge < -0.3 is 9.26 Å². The van der Waals surface area contributed by atoms with Crippen LogP contribution < -0.4 is 4.90 Å². The molecule has 7 nitrogen and oxygen atoms in total. The Bertz CT molecular complexity index is 1040. The Morgan fingerprint density at radius 1 is 1.27 bits per heavy atom. The van der Waals surface area contributed by atoms with E-state index in [2.05, 4.69) is 19.9 Å². The molecule has 0 saturated carbocycles. The summed E-state index contributed by atoms with van der Waals surface area (Å²) in [5.74, 6) is 0.203. The summed E-state index contributed by atoms with van der Waals surface area (Å²) < 4.78 is 46.4. The molecule has 0 radical (unpaired) electrons. The summed E-state index contributed by atoms with van der Waals surface area (Å²) in [5, 5.41) is 4.38. The number of hydrogen-bond donors (Lipinski definition) is 0. The number of anilines is 1. The number of carbonyl (C=O) groups excluding carboxylic acids is 1. The molecule has 11 heteroatoms. The fraction of sp³-hybridized carbons (Fsp3) is 0.263. The highest BCUT2D eigenvalue weighted by atomic mass is 35.5. The number of ether oxygens (including phenoxy) is 1. The van der Waals surface area contributed by atoms with Crippen molar-refractivity contribution < 1.29 is 27.2 Å². The van der Waals surface area contributed by atoms with E-state index in [0.29, 0.717) is 29.4 Å². The first kappa shape index (κ1) is 20.1. The minimum atomic E-state index is -4.77. The lowest BCUT2D eigenvalue weighted by molar-refractivity contribution is -0.303. The van der Waals surface area contributed by atoms with E-state index in [1.807, 2.05) is 0 Å². The Balaban J connectivity index is 1.49. The lowest BCUT2D eigenvalue weighted by Crippen LogP contribution is -2.25. The maximum Gasteiger partial charge on any atom is 0.573 e. The normalized spacial score (nSPS) is 19.5. The molecule has 156 valence electrons. The maximum atomic E-state index is 12.4. The van der Waals surface area contributed by atoms with Crippen molar-refractivity contribution >= 4 is 28.9 Å². The first-order valence-electron chi connectivity index (χ1n) is 8.87. The summed E-state index contributed by atoms with van der Waals surface area (Å²) in [5.41, 5.74) is 0.558. The van der Waals surface area contributed by atoms with E-state index < -0.39 is 6.36 Å². The predicted octanol–water partition coefficient (Wildman–Crippen LogP) is 4.40. The number of allylic oxidation sites excluding steroid dienone is 5. The van der Waals surface area contributed by atoms with Crippen molar-refractivity contribution in [2.45, 2.75) is 25.1 Å². The van der Waals surface area contributed by atoms with Crippen LogP contribution in [0.25, 0.3) is 5.57 Å². The van der Waals surface area contributed by atoms with Gasteiger partial charge in [0.05, 0.1) is 10.9 Å². The molecule has 1 atom stereocenters. The van der Waals surface area contributed by atoms with Gasteiger partial charge in [0.1, 0.15) is 11.6 Å². The summed E-state index contributed by atoms with van der Waals surface area (Å²) in [4.78, 5) is 22.4. The molecule has 1 fully saturated rings. The third kappa shape index (κ3) is 4.54. The van der Waals surface area contributed by atoms with Crippen molar-refractivity contribution in [3.63, 3.8) is 0 Å². The van der Waals surface area contributed by atoms with Gasteiger partial charge in [-0.25, -0.2) is 4.98 Å². The molecule has 0 bridgehead atoms.